The van der Waals surface area contributed by atoms with Crippen LogP contribution in [0.3, 0.4) is 0 Å². The Hall–Kier alpha value is -0.883. The van der Waals surface area contributed by atoms with Gasteiger partial charge in [0.05, 0.1) is 12.1 Å². The minimum Gasteiger partial charge on any atom is -0.444 e. The van der Waals surface area contributed by atoms with Gasteiger partial charge < -0.3 is 9.16 Å². The van der Waals surface area contributed by atoms with E-state index < -0.39 is 13.9 Å². The van der Waals surface area contributed by atoms with E-state index in [-0.39, 0.29) is 41.0 Å². The SMILES string of the molecule is C[C@H]1[C@H](O[Si](C)(C)C(C)(C)C)C[C@H]2C(=O)CCC[C@H]2N1C(=O)OC(C)(C)C. The van der Waals surface area contributed by atoms with E-state index in [1.165, 1.54) is 0 Å². The van der Waals surface area contributed by atoms with Gasteiger partial charge >= 0.3 is 6.09 Å². The molecule has 1 heterocycles. The number of ether oxygens (including phenoxy) is 1. The topological polar surface area (TPSA) is 55.8 Å². The van der Waals surface area contributed by atoms with Crippen molar-refractivity contribution in [1.82, 2.24) is 4.90 Å². The highest BCUT2D eigenvalue weighted by molar-refractivity contribution is 6.74. The maximum atomic E-state index is 13.0. The number of carbonyl (C=O) groups is 2. The summed E-state index contributed by atoms with van der Waals surface area (Å²) >= 11 is 0. The number of carbonyl (C=O) groups excluding carboxylic acids is 2. The highest BCUT2D eigenvalue weighted by Crippen LogP contribution is 2.43. The molecule has 156 valence electrons. The minimum absolute atomic E-state index is 0.0598. The highest BCUT2D eigenvalue weighted by atomic mass is 28.4. The van der Waals surface area contributed by atoms with Crippen LogP contribution >= 0.6 is 0 Å². The van der Waals surface area contributed by atoms with Crippen LogP contribution in [0.25, 0.3) is 0 Å². The van der Waals surface area contributed by atoms with E-state index in [9.17, 15) is 9.59 Å². The molecule has 2 rings (SSSR count). The van der Waals surface area contributed by atoms with Crippen molar-refractivity contribution in [3.63, 3.8) is 0 Å². The molecular weight excluding hydrogens is 358 g/mol. The van der Waals surface area contributed by atoms with Crippen LogP contribution in [0.15, 0.2) is 0 Å². The summed E-state index contributed by atoms with van der Waals surface area (Å²) in [6.07, 6.45) is 2.61. The van der Waals surface area contributed by atoms with Crippen LogP contribution in [0.1, 0.15) is 74.1 Å². The van der Waals surface area contributed by atoms with Crippen molar-refractivity contribution >= 4 is 20.2 Å². The fraction of sp³-hybridized carbons (Fsp3) is 0.905. The second-order valence-electron chi connectivity index (χ2n) is 10.8. The number of fused-ring (bicyclic) bond motifs is 1. The summed E-state index contributed by atoms with van der Waals surface area (Å²) in [5, 5.41) is 0.0802. The molecule has 0 bridgehead atoms. The van der Waals surface area contributed by atoms with Crippen molar-refractivity contribution in [3.8, 4) is 0 Å². The Morgan fingerprint density at radius 1 is 1.15 bits per heavy atom. The lowest BCUT2D eigenvalue weighted by Crippen LogP contribution is -2.63. The van der Waals surface area contributed by atoms with E-state index >= 15 is 0 Å². The number of hydrogen-bond donors (Lipinski definition) is 0. The molecule has 0 aromatic carbocycles. The van der Waals surface area contributed by atoms with Crippen LogP contribution in [0.5, 0.6) is 0 Å². The third-order valence-electron chi connectivity index (χ3n) is 6.48. The molecule has 1 saturated carbocycles. The lowest BCUT2D eigenvalue weighted by atomic mass is 9.75. The number of likely N-dealkylation sites (tertiary alicyclic amines) is 1. The fourth-order valence-corrected chi connectivity index (χ4v) is 5.36. The molecule has 0 spiro atoms. The van der Waals surface area contributed by atoms with Crippen LogP contribution in [0, 0.1) is 5.92 Å². The average molecular weight is 398 g/mol. The molecule has 1 aliphatic carbocycles. The summed E-state index contributed by atoms with van der Waals surface area (Å²) in [6, 6.07) is -0.156. The van der Waals surface area contributed by atoms with Gasteiger partial charge in [-0.05, 0) is 65.1 Å². The zero-order chi connectivity index (χ0) is 20.8. The van der Waals surface area contributed by atoms with E-state index in [1.54, 1.807) is 0 Å². The summed E-state index contributed by atoms with van der Waals surface area (Å²) in [5.74, 6) is 0.146. The zero-order valence-electron chi connectivity index (χ0n) is 18.7. The van der Waals surface area contributed by atoms with Gasteiger partial charge in [0, 0.05) is 18.4 Å². The first-order chi connectivity index (χ1) is 12.1. The Labute approximate surface area is 166 Å². The van der Waals surface area contributed by atoms with E-state index in [0.29, 0.717) is 6.42 Å². The van der Waals surface area contributed by atoms with Gasteiger partial charge in [0.15, 0.2) is 8.32 Å². The molecule has 0 N–H and O–H groups in total. The lowest BCUT2D eigenvalue weighted by molar-refractivity contribution is -0.134. The molecule has 0 radical (unpaired) electrons. The molecule has 0 unspecified atom stereocenters. The van der Waals surface area contributed by atoms with Gasteiger partial charge in [0.1, 0.15) is 11.4 Å². The molecule has 6 heteroatoms. The van der Waals surface area contributed by atoms with Gasteiger partial charge in [0.2, 0.25) is 0 Å². The molecule has 27 heavy (non-hydrogen) atoms. The summed E-state index contributed by atoms with van der Waals surface area (Å²) in [5.41, 5.74) is -0.557. The monoisotopic (exact) mass is 397 g/mol. The van der Waals surface area contributed by atoms with Crippen molar-refractivity contribution in [2.75, 3.05) is 0 Å². The number of amides is 1. The molecule has 2 aliphatic rings. The molecular formula is C21H39NO4Si. The van der Waals surface area contributed by atoms with Gasteiger partial charge in [-0.2, -0.15) is 0 Å². The van der Waals surface area contributed by atoms with Crippen molar-refractivity contribution in [1.29, 1.82) is 0 Å². The molecule has 1 amide bonds. The van der Waals surface area contributed by atoms with Crippen molar-refractivity contribution in [3.05, 3.63) is 0 Å². The summed E-state index contributed by atoms with van der Waals surface area (Å²) in [6.45, 7) is 18.8. The average Bonchev–Trinajstić information content (AvgIpc) is 2.45. The quantitative estimate of drug-likeness (QED) is 0.605. The van der Waals surface area contributed by atoms with E-state index in [1.807, 2.05) is 25.7 Å². The third kappa shape index (κ3) is 4.94. The lowest BCUT2D eigenvalue weighted by Gasteiger charge is -2.52. The van der Waals surface area contributed by atoms with Crippen LogP contribution in [0.2, 0.25) is 18.1 Å². The highest BCUT2D eigenvalue weighted by Gasteiger charge is 2.51. The third-order valence-corrected chi connectivity index (χ3v) is 11.0. The molecule has 0 aromatic heterocycles. The van der Waals surface area contributed by atoms with E-state index in [0.717, 1.165) is 19.3 Å². The van der Waals surface area contributed by atoms with Gasteiger partial charge in [-0.3, -0.25) is 9.69 Å². The first-order valence-electron chi connectivity index (χ1n) is 10.4. The second-order valence-corrected chi connectivity index (χ2v) is 15.6. The smallest absolute Gasteiger partial charge is 0.410 e. The maximum absolute atomic E-state index is 13.0. The Bertz CT molecular complexity index is 576. The normalized spacial score (nSPS) is 30.1. The largest absolute Gasteiger partial charge is 0.444 e. The van der Waals surface area contributed by atoms with Crippen molar-refractivity contribution < 1.29 is 18.8 Å². The van der Waals surface area contributed by atoms with Crippen molar-refractivity contribution in [2.45, 2.75) is 116 Å². The number of nitrogens with zero attached hydrogens (tertiary/aromatic N) is 1. The number of piperidine rings is 1. The Morgan fingerprint density at radius 2 is 1.74 bits per heavy atom. The predicted octanol–water partition coefficient (Wildman–Crippen LogP) is 5.14. The summed E-state index contributed by atoms with van der Waals surface area (Å²) < 4.78 is 12.4. The standard InChI is InChI=1S/C21H39NO4Si/c1-14-18(26-27(8,9)21(5,6)7)13-15-16(11-10-12-17(15)23)22(14)19(24)25-20(2,3)4/h14-16,18H,10-13H2,1-9H3/t14-,15+,16+,18+/m0/s1. The van der Waals surface area contributed by atoms with Crippen molar-refractivity contribution in [2.24, 2.45) is 5.92 Å². The zero-order valence-corrected chi connectivity index (χ0v) is 19.7. The fourth-order valence-electron chi connectivity index (χ4n) is 3.95. The van der Waals surface area contributed by atoms with Crippen LogP contribution in [-0.4, -0.2) is 48.9 Å². The van der Waals surface area contributed by atoms with Gasteiger partial charge in [0.25, 0.3) is 0 Å². The molecule has 2 fully saturated rings. The maximum Gasteiger partial charge on any atom is 0.410 e. The Balaban J connectivity index is 2.32. The molecule has 1 aliphatic heterocycles. The Morgan fingerprint density at radius 3 is 2.26 bits per heavy atom. The van der Waals surface area contributed by atoms with Gasteiger partial charge in [-0.1, -0.05) is 20.8 Å². The number of rotatable bonds is 2. The summed E-state index contributed by atoms with van der Waals surface area (Å²) in [7, 11) is -2.01. The van der Waals surface area contributed by atoms with Crippen LogP contribution < -0.4 is 0 Å². The molecule has 5 nitrogen and oxygen atoms in total. The predicted molar refractivity (Wildman–Crippen MR) is 110 cm³/mol. The first kappa shape index (κ1) is 22.4. The second kappa shape index (κ2) is 7.51. The van der Waals surface area contributed by atoms with Gasteiger partial charge in [-0.15, -0.1) is 0 Å². The van der Waals surface area contributed by atoms with Crippen LogP contribution in [0.4, 0.5) is 4.79 Å². The Kier molecular flexibility index (Phi) is 6.23. The number of Topliss-reactive ketones (excluding diaryl/α,β-unsaturated/α-hetero) is 1. The number of hydrogen-bond acceptors (Lipinski definition) is 4. The molecule has 4 atom stereocenters. The van der Waals surface area contributed by atoms with E-state index in [2.05, 4.69) is 40.8 Å². The first-order valence-corrected chi connectivity index (χ1v) is 13.3. The van der Waals surface area contributed by atoms with Gasteiger partial charge in [-0.25, -0.2) is 4.79 Å². The molecule has 1 saturated heterocycles. The minimum atomic E-state index is -2.01. The summed E-state index contributed by atoms with van der Waals surface area (Å²) in [4.78, 5) is 27.5. The van der Waals surface area contributed by atoms with E-state index in [4.69, 9.17) is 9.16 Å². The molecule has 0 aromatic rings. The number of ketones is 1. The van der Waals surface area contributed by atoms with Crippen LogP contribution in [-0.2, 0) is 14.0 Å².